The molecule has 0 spiro atoms. The fraction of sp³-hybridized carbons (Fsp3) is 0.235. The Hall–Kier alpha value is -3.20. The van der Waals surface area contributed by atoms with Gasteiger partial charge in [-0.15, -0.1) is 0 Å². The number of carbonyl (C=O) groups excluding carboxylic acids is 2. The van der Waals surface area contributed by atoms with Crippen LogP contribution in [0.15, 0.2) is 42.6 Å². The number of benzene rings is 1. The molecular weight excluding hydrogens is 374 g/mol. The van der Waals surface area contributed by atoms with Gasteiger partial charge in [0.1, 0.15) is 10.8 Å². The fourth-order valence-electron chi connectivity index (χ4n) is 2.74. The van der Waals surface area contributed by atoms with Gasteiger partial charge in [-0.25, -0.2) is 4.98 Å². The predicted octanol–water partition coefficient (Wildman–Crippen LogP) is 1.93. The van der Waals surface area contributed by atoms with Crippen LogP contribution in [0, 0.1) is 10.1 Å². The second kappa shape index (κ2) is 8.00. The van der Waals surface area contributed by atoms with Gasteiger partial charge in [-0.05, 0) is 24.3 Å². The lowest BCUT2D eigenvalue weighted by Crippen LogP contribution is -2.51. The monoisotopic (exact) mass is 389 g/mol. The average molecular weight is 390 g/mol. The Balaban J connectivity index is 1.59. The van der Waals surface area contributed by atoms with Gasteiger partial charge in [0.05, 0.1) is 4.92 Å². The number of nitrogens with one attached hydrogen (secondary N) is 1. The van der Waals surface area contributed by atoms with Gasteiger partial charge >= 0.3 is 11.8 Å². The van der Waals surface area contributed by atoms with Crippen LogP contribution in [0.4, 0.5) is 17.2 Å². The normalized spacial score (nSPS) is 14.0. The van der Waals surface area contributed by atoms with Gasteiger partial charge in [0, 0.05) is 44.1 Å². The molecule has 0 bridgehead atoms. The van der Waals surface area contributed by atoms with Crippen LogP contribution in [0.1, 0.15) is 0 Å². The summed E-state index contributed by atoms with van der Waals surface area (Å²) in [4.78, 5) is 42.6. The van der Waals surface area contributed by atoms with E-state index in [9.17, 15) is 19.7 Å². The molecule has 1 saturated heterocycles. The van der Waals surface area contributed by atoms with E-state index < -0.39 is 16.7 Å². The van der Waals surface area contributed by atoms with E-state index in [0.29, 0.717) is 26.2 Å². The maximum Gasteiger partial charge on any atom is 0.313 e. The maximum absolute atomic E-state index is 12.4. The molecule has 2 amide bonds. The van der Waals surface area contributed by atoms with Crippen molar-refractivity contribution < 1.29 is 14.5 Å². The molecule has 140 valence electrons. The van der Waals surface area contributed by atoms with Crippen molar-refractivity contribution in [2.24, 2.45) is 0 Å². The summed E-state index contributed by atoms with van der Waals surface area (Å²) in [5.41, 5.74) is -0.206. The van der Waals surface area contributed by atoms with E-state index in [0.717, 1.165) is 11.9 Å². The van der Waals surface area contributed by atoms with Gasteiger partial charge in [0.25, 0.3) is 5.69 Å². The van der Waals surface area contributed by atoms with Crippen molar-refractivity contribution >= 4 is 40.6 Å². The highest BCUT2D eigenvalue weighted by atomic mass is 35.5. The molecule has 0 unspecified atom stereocenters. The molecule has 1 aliphatic rings. The number of rotatable bonds is 3. The Morgan fingerprint density at radius 3 is 2.52 bits per heavy atom. The van der Waals surface area contributed by atoms with Crippen LogP contribution >= 0.6 is 11.6 Å². The van der Waals surface area contributed by atoms with Gasteiger partial charge in [-0.1, -0.05) is 17.7 Å². The standard InChI is InChI=1S/C17H16ClN5O4/c18-13-5-4-12(11-14(13)23(26)27)20-16(24)17(25)22-9-7-21(8-10-22)15-3-1-2-6-19-15/h1-6,11H,7-10H2,(H,20,24). The molecule has 3 rings (SSSR count). The Morgan fingerprint density at radius 2 is 1.89 bits per heavy atom. The molecule has 0 radical (unpaired) electrons. The number of aromatic nitrogens is 1. The lowest BCUT2D eigenvalue weighted by Gasteiger charge is -2.34. The summed E-state index contributed by atoms with van der Waals surface area (Å²) in [5.74, 6) is -0.714. The number of hydrogen-bond donors (Lipinski definition) is 1. The lowest BCUT2D eigenvalue weighted by atomic mass is 10.2. The van der Waals surface area contributed by atoms with Crippen molar-refractivity contribution in [2.45, 2.75) is 0 Å². The first-order chi connectivity index (χ1) is 13.0. The van der Waals surface area contributed by atoms with Crippen LogP contribution in [0.3, 0.4) is 0 Å². The molecule has 1 aromatic heterocycles. The third-order valence-electron chi connectivity index (χ3n) is 4.14. The van der Waals surface area contributed by atoms with Gasteiger partial charge in [0.15, 0.2) is 0 Å². The molecule has 2 aromatic rings. The minimum absolute atomic E-state index is 0.0463. The van der Waals surface area contributed by atoms with Crippen molar-refractivity contribution in [3.8, 4) is 0 Å². The summed E-state index contributed by atoms with van der Waals surface area (Å²) in [7, 11) is 0. The topological polar surface area (TPSA) is 109 Å². The number of anilines is 2. The van der Waals surface area contributed by atoms with Crippen LogP contribution in [-0.4, -0.2) is 52.8 Å². The van der Waals surface area contributed by atoms with Crippen LogP contribution < -0.4 is 10.2 Å². The zero-order valence-corrected chi connectivity index (χ0v) is 14.9. The maximum atomic E-state index is 12.4. The number of amides is 2. The van der Waals surface area contributed by atoms with Crippen molar-refractivity contribution in [1.29, 1.82) is 0 Å². The zero-order chi connectivity index (χ0) is 19.4. The fourth-order valence-corrected chi connectivity index (χ4v) is 2.92. The highest BCUT2D eigenvalue weighted by molar-refractivity contribution is 6.39. The second-order valence-electron chi connectivity index (χ2n) is 5.84. The van der Waals surface area contributed by atoms with Crippen LogP contribution in [0.5, 0.6) is 0 Å². The lowest BCUT2D eigenvalue weighted by molar-refractivity contribution is -0.384. The minimum atomic E-state index is -0.849. The van der Waals surface area contributed by atoms with Crippen LogP contribution in [0.25, 0.3) is 0 Å². The summed E-state index contributed by atoms with van der Waals surface area (Å²) in [6, 6.07) is 9.42. The molecule has 1 N–H and O–H groups in total. The van der Waals surface area contributed by atoms with Gasteiger partial charge in [0.2, 0.25) is 0 Å². The number of nitro groups is 1. The number of nitrogens with zero attached hydrogens (tertiary/aromatic N) is 4. The molecule has 1 aliphatic heterocycles. The van der Waals surface area contributed by atoms with E-state index in [1.807, 2.05) is 23.1 Å². The second-order valence-corrected chi connectivity index (χ2v) is 6.25. The first kappa shape index (κ1) is 18.6. The van der Waals surface area contributed by atoms with Crippen molar-refractivity contribution in [3.63, 3.8) is 0 Å². The smallest absolute Gasteiger partial charge is 0.313 e. The highest BCUT2D eigenvalue weighted by Crippen LogP contribution is 2.27. The Kier molecular flexibility index (Phi) is 5.51. The van der Waals surface area contributed by atoms with E-state index in [-0.39, 0.29) is 16.4 Å². The number of piperazine rings is 1. The number of carbonyl (C=O) groups is 2. The summed E-state index contributed by atoms with van der Waals surface area (Å²) in [6.07, 6.45) is 1.70. The third-order valence-corrected chi connectivity index (χ3v) is 4.45. The molecule has 27 heavy (non-hydrogen) atoms. The zero-order valence-electron chi connectivity index (χ0n) is 14.2. The molecule has 0 saturated carbocycles. The molecule has 10 heteroatoms. The average Bonchev–Trinajstić information content (AvgIpc) is 2.69. The summed E-state index contributed by atoms with van der Waals surface area (Å²) in [5, 5.41) is 13.3. The molecule has 0 aliphatic carbocycles. The first-order valence-corrected chi connectivity index (χ1v) is 8.53. The van der Waals surface area contributed by atoms with E-state index in [1.165, 1.54) is 17.0 Å². The van der Waals surface area contributed by atoms with E-state index in [1.54, 1.807) is 6.20 Å². The van der Waals surface area contributed by atoms with E-state index in [2.05, 4.69) is 10.3 Å². The Labute approximate surface area is 159 Å². The summed E-state index contributed by atoms with van der Waals surface area (Å²) < 4.78 is 0. The predicted molar refractivity (Wildman–Crippen MR) is 99.8 cm³/mol. The van der Waals surface area contributed by atoms with Crippen LogP contribution in [0.2, 0.25) is 5.02 Å². The van der Waals surface area contributed by atoms with E-state index >= 15 is 0 Å². The number of hydrogen-bond acceptors (Lipinski definition) is 6. The van der Waals surface area contributed by atoms with E-state index in [4.69, 9.17) is 11.6 Å². The highest BCUT2D eigenvalue weighted by Gasteiger charge is 2.27. The minimum Gasteiger partial charge on any atom is -0.353 e. The molecule has 2 heterocycles. The van der Waals surface area contributed by atoms with Gasteiger partial charge < -0.3 is 15.1 Å². The quantitative estimate of drug-likeness (QED) is 0.488. The third kappa shape index (κ3) is 4.32. The number of halogens is 1. The Morgan fingerprint density at radius 1 is 1.15 bits per heavy atom. The number of nitro benzene ring substituents is 1. The van der Waals surface area contributed by atoms with Crippen LogP contribution in [-0.2, 0) is 9.59 Å². The summed E-state index contributed by atoms with van der Waals surface area (Å²) >= 11 is 5.74. The molecule has 1 aromatic carbocycles. The molecule has 0 atom stereocenters. The SMILES string of the molecule is O=C(Nc1ccc(Cl)c([N+](=O)[O-])c1)C(=O)N1CCN(c2ccccn2)CC1. The molecule has 9 nitrogen and oxygen atoms in total. The molecule has 1 fully saturated rings. The molecular formula is C17H16ClN5O4. The number of pyridine rings is 1. The van der Waals surface area contributed by atoms with Crippen molar-refractivity contribution in [3.05, 3.63) is 57.7 Å². The van der Waals surface area contributed by atoms with Gasteiger partial charge in [-0.3, -0.25) is 19.7 Å². The summed E-state index contributed by atoms with van der Waals surface area (Å²) in [6.45, 7) is 1.87. The first-order valence-electron chi connectivity index (χ1n) is 8.16. The van der Waals surface area contributed by atoms with Crippen molar-refractivity contribution in [2.75, 3.05) is 36.4 Å². The largest absolute Gasteiger partial charge is 0.353 e. The Bertz CT molecular complexity index is 869. The van der Waals surface area contributed by atoms with Gasteiger partial charge in [-0.2, -0.15) is 0 Å². The van der Waals surface area contributed by atoms with Crippen molar-refractivity contribution in [1.82, 2.24) is 9.88 Å².